The average Bonchev–Trinajstić information content (AvgIpc) is 2.73. The molecule has 1 aliphatic heterocycles. The Kier molecular flexibility index (Phi) is 9.10. The molecule has 1 amide bonds. The Morgan fingerprint density at radius 2 is 1.86 bits per heavy atom. The molecule has 0 aromatic rings. The Bertz CT molecular complexity index is 548. The molecule has 3 aliphatic rings. The van der Waals surface area contributed by atoms with E-state index in [1.165, 1.54) is 57.8 Å². The summed E-state index contributed by atoms with van der Waals surface area (Å²) in [6, 6.07) is 0. The Labute approximate surface area is 176 Å². The van der Waals surface area contributed by atoms with Crippen LogP contribution in [-0.2, 0) is 4.79 Å². The highest BCUT2D eigenvalue weighted by molar-refractivity contribution is 7.80. The Morgan fingerprint density at radius 3 is 2.68 bits per heavy atom. The number of nitrogens with one attached hydrogen (secondary N) is 2. The minimum absolute atomic E-state index is 0.366. The maximum Gasteiger partial charge on any atom is 0.222 e. The van der Waals surface area contributed by atoms with Gasteiger partial charge in [-0.15, -0.1) is 0 Å². The molecule has 4 nitrogen and oxygen atoms in total. The van der Waals surface area contributed by atoms with Gasteiger partial charge in [0.1, 0.15) is 0 Å². The minimum atomic E-state index is 0.366. The highest BCUT2D eigenvalue weighted by atomic mass is 32.1. The first kappa shape index (κ1) is 21.6. The number of unbranched alkanes of at least 4 members (excludes halogenated alkanes) is 1. The van der Waals surface area contributed by atoms with Gasteiger partial charge in [-0.3, -0.25) is 4.79 Å². The molecule has 2 unspecified atom stereocenters. The normalized spacial score (nSPS) is 24.9. The quantitative estimate of drug-likeness (QED) is 0.353. The van der Waals surface area contributed by atoms with Crippen LogP contribution >= 0.6 is 12.2 Å². The van der Waals surface area contributed by atoms with Crippen LogP contribution in [0.5, 0.6) is 0 Å². The van der Waals surface area contributed by atoms with Crippen LogP contribution in [0.3, 0.4) is 0 Å². The van der Waals surface area contributed by atoms with E-state index in [4.69, 9.17) is 12.2 Å². The van der Waals surface area contributed by atoms with E-state index >= 15 is 0 Å². The molecule has 2 fully saturated rings. The number of nitrogens with zero attached hydrogens (tertiary/aromatic N) is 1. The zero-order valence-electron chi connectivity index (χ0n) is 17.5. The number of hydrogen-bond acceptors (Lipinski definition) is 2. The van der Waals surface area contributed by atoms with Gasteiger partial charge in [0, 0.05) is 32.6 Å². The number of thiocarbonyl (C=S) groups is 1. The van der Waals surface area contributed by atoms with E-state index in [1.54, 1.807) is 5.57 Å². The number of fused-ring (bicyclic) bond motifs is 1. The third-order valence-electron chi connectivity index (χ3n) is 6.86. The van der Waals surface area contributed by atoms with E-state index in [-0.39, 0.29) is 0 Å². The van der Waals surface area contributed by atoms with Crippen molar-refractivity contribution < 1.29 is 4.79 Å². The molecule has 2 aliphatic carbocycles. The van der Waals surface area contributed by atoms with E-state index in [2.05, 4.69) is 21.6 Å². The molecule has 1 saturated carbocycles. The van der Waals surface area contributed by atoms with Crippen molar-refractivity contribution in [3.05, 3.63) is 11.6 Å². The predicted octanol–water partition coefficient (Wildman–Crippen LogP) is 4.55. The molecular weight excluding hydrogens is 366 g/mol. The second-order valence-electron chi connectivity index (χ2n) is 8.93. The Hall–Kier alpha value is -1.10. The van der Waals surface area contributed by atoms with E-state index in [0.29, 0.717) is 12.3 Å². The summed E-state index contributed by atoms with van der Waals surface area (Å²) in [6.45, 7) is 3.79. The Balaban J connectivity index is 1.20. The van der Waals surface area contributed by atoms with Crippen molar-refractivity contribution in [2.75, 3.05) is 26.2 Å². The van der Waals surface area contributed by atoms with Gasteiger partial charge in [-0.25, -0.2) is 0 Å². The number of rotatable bonds is 8. The van der Waals surface area contributed by atoms with Gasteiger partial charge in [0.15, 0.2) is 5.11 Å². The van der Waals surface area contributed by atoms with Crippen LogP contribution in [-0.4, -0.2) is 42.1 Å². The third kappa shape index (κ3) is 7.06. The molecule has 0 aromatic heterocycles. The molecule has 0 aromatic carbocycles. The molecule has 5 heteroatoms. The summed E-state index contributed by atoms with van der Waals surface area (Å²) < 4.78 is 0. The lowest BCUT2D eigenvalue weighted by Crippen LogP contribution is -2.44. The second kappa shape index (κ2) is 11.8. The van der Waals surface area contributed by atoms with E-state index < -0.39 is 0 Å². The lowest BCUT2D eigenvalue weighted by molar-refractivity contribution is -0.134. The predicted molar refractivity (Wildman–Crippen MR) is 120 cm³/mol. The van der Waals surface area contributed by atoms with Crippen LogP contribution in [0, 0.1) is 11.8 Å². The molecule has 0 radical (unpaired) electrons. The molecular formula is C23H39N3OS. The van der Waals surface area contributed by atoms with Crippen molar-refractivity contribution in [1.82, 2.24) is 15.5 Å². The van der Waals surface area contributed by atoms with E-state index in [9.17, 15) is 4.79 Å². The molecule has 0 bridgehead atoms. The van der Waals surface area contributed by atoms with Crippen LogP contribution in [0.25, 0.3) is 0 Å². The molecule has 28 heavy (non-hydrogen) atoms. The smallest absolute Gasteiger partial charge is 0.222 e. The summed E-state index contributed by atoms with van der Waals surface area (Å²) in [6.07, 6.45) is 18.0. The van der Waals surface area contributed by atoms with Gasteiger partial charge >= 0.3 is 0 Å². The largest absolute Gasteiger partial charge is 0.363 e. The summed E-state index contributed by atoms with van der Waals surface area (Å²) >= 11 is 5.36. The Morgan fingerprint density at radius 1 is 1.04 bits per heavy atom. The second-order valence-corrected chi connectivity index (χ2v) is 9.34. The molecule has 158 valence electrons. The summed E-state index contributed by atoms with van der Waals surface area (Å²) in [5, 5.41) is 7.35. The van der Waals surface area contributed by atoms with Crippen molar-refractivity contribution in [2.24, 2.45) is 11.8 Å². The number of amides is 1. The van der Waals surface area contributed by atoms with Gasteiger partial charge in [0.25, 0.3) is 0 Å². The first-order chi connectivity index (χ1) is 13.7. The van der Waals surface area contributed by atoms with Gasteiger partial charge in [0.05, 0.1) is 0 Å². The summed E-state index contributed by atoms with van der Waals surface area (Å²) in [5.41, 5.74) is 1.58. The van der Waals surface area contributed by atoms with Gasteiger partial charge in [-0.1, -0.05) is 30.9 Å². The molecule has 1 saturated heterocycles. The molecule has 3 rings (SSSR count). The summed E-state index contributed by atoms with van der Waals surface area (Å²) in [5.74, 6) is 2.04. The molecule has 0 spiro atoms. The highest BCUT2D eigenvalue weighted by Gasteiger charge is 2.32. The molecule has 1 heterocycles. The summed E-state index contributed by atoms with van der Waals surface area (Å²) in [4.78, 5) is 14.7. The van der Waals surface area contributed by atoms with Crippen molar-refractivity contribution in [3.63, 3.8) is 0 Å². The first-order valence-electron chi connectivity index (χ1n) is 11.7. The number of hydrogen-bond donors (Lipinski definition) is 2. The zero-order valence-corrected chi connectivity index (χ0v) is 18.3. The molecule has 2 N–H and O–H groups in total. The van der Waals surface area contributed by atoms with Gasteiger partial charge < -0.3 is 15.5 Å². The maximum atomic E-state index is 12.5. The summed E-state index contributed by atoms with van der Waals surface area (Å²) in [7, 11) is 0. The fraction of sp³-hybridized carbons (Fsp3) is 0.826. The highest BCUT2D eigenvalue weighted by Crippen LogP contribution is 2.36. The first-order valence-corrected chi connectivity index (χ1v) is 12.1. The standard InChI is InChI=1S/C23H39N3OS/c27-22(26-17-14-20-10-4-5-11-21(20)18-26)12-6-7-15-24-23(28)25-16-13-19-8-2-1-3-9-19/h8,20-21H,1-7,9-18H2,(H2,24,25,28). The van der Waals surface area contributed by atoms with Gasteiger partial charge in [-0.05, 0) is 81.8 Å². The number of likely N-dealkylation sites (tertiary alicyclic amines) is 1. The minimum Gasteiger partial charge on any atom is -0.363 e. The number of allylic oxidation sites excluding steroid dienone is 1. The van der Waals surface area contributed by atoms with Crippen LogP contribution in [0.4, 0.5) is 0 Å². The third-order valence-corrected chi connectivity index (χ3v) is 7.15. The zero-order chi connectivity index (χ0) is 19.6. The number of carbonyl (C=O) groups is 1. The lowest BCUT2D eigenvalue weighted by Gasteiger charge is -2.41. The number of carbonyl (C=O) groups excluding carboxylic acids is 1. The lowest BCUT2D eigenvalue weighted by atomic mass is 9.75. The molecule has 2 atom stereocenters. The van der Waals surface area contributed by atoms with Crippen LogP contribution in [0.15, 0.2) is 11.6 Å². The fourth-order valence-corrected chi connectivity index (χ4v) is 5.32. The van der Waals surface area contributed by atoms with Crippen LogP contribution in [0.2, 0.25) is 0 Å². The van der Waals surface area contributed by atoms with Crippen molar-refractivity contribution in [3.8, 4) is 0 Å². The SMILES string of the molecule is O=C(CCCCNC(=S)NCCC1=CCCCC1)N1CCC2CCCCC2C1. The van der Waals surface area contributed by atoms with Gasteiger partial charge in [0.2, 0.25) is 5.91 Å². The van der Waals surface area contributed by atoms with Crippen molar-refractivity contribution in [1.29, 1.82) is 0 Å². The van der Waals surface area contributed by atoms with Crippen LogP contribution in [0.1, 0.15) is 83.5 Å². The van der Waals surface area contributed by atoms with Crippen LogP contribution < -0.4 is 10.6 Å². The van der Waals surface area contributed by atoms with Crippen molar-refractivity contribution >= 4 is 23.2 Å². The topological polar surface area (TPSA) is 44.4 Å². The monoisotopic (exact) mass is 405 g/mol. The van der Waals surface area contributed by atoms with Gasteiger partial charge in [-0.2, -0.15) is 0 Å². The van der Waals surface area contributed by atoms with Crippen molar-refractivity contribution in [2.45, 2.75) is 83.5 Å². The fourth-order valence-electron chi connectivity index (χ4n) is 5.12. The maximum absolute atomic E-state index is 12.5. The van der Waals surface area contributed by atoms with E-state index in [1.807, 2.05) is 0 Å². The van der Waals surface area contributed by atoms with E-state index in [0.717, 1.165) is 62.4 Å². The number of piperidine rings is 1. The average molecular weight is 406 g/mol.